The number of anilines is 1. The lowest BCUT2D eigenvalue weighted by atomic mass is 9.88. The highest BCUT2D eigenvalue weighted by molar-refractivity contribution is 9.10. The van der Waals surface area contributed by atoms with E-state index in [9.17, 15) is 0 Å². The van der Waals surface area contributed by atoms with E-state index in [2.05, 4.69) is 62.0 Å². The zero-order valence-corrected chi connectivity index (χ0v) is 14.0. The molecule has 2 heterocycles. The van der Waals surface area contributed by atoms with Crippen molar-refractivity contribution in [1.29, 1.82) is 5.26 Å². The van der Waals surface area contributed by atoms with Gasteiger partial charge in [0.1, 0.15) is 6.07 Å². The molecule has 0 amide bonds. The zero-order valence-electron chi connectivity index (χ0n) is 12.5. The minimum atomic E-state index is 0.417. The molecule has 1 aromatic heterocycles. The molecule has 4 nitrogen and oxygen atoms in total. The number of nitriles is 1. The second-order valence-corrected chi connectivity index (χ2v) is 6.46. The molecule has 0 radical (unpaired) electrons. The first-order chi connectivity index (χ1) is 10.7. The summed E-state index contributed by atoms with van der Waals surface area (Å²) in [4.78, 5) is 10.6. The number of nitrogens with zero attached hydrogens (tertiary/aromatic N) is 4. The third kappa shape index (κ3) is 2.97. The van der Waals surface area contributed by atoms with Crippen LogP contribution in [0.1, 0.15) is 35.6 Å². The number of halogens is 1. The van der Waals surface area contributed by atoms with Gasteiger partial charge >= 0.3 is 0 Å². The lowest BCUT2D eigenvalue weighted by molar-refractivity contribution is 0.502. The minimum Gasteiger partial charge on any atom is -0.354 e. The van der Waals surface area contributed by atoms with Crippen molar-refractivity contribution < 1.29 is 0 Å². The second kappa shape index (κ2) is 6.45. The molecule has 0 N–H and O–H groups in total. The number of hydrogen-bond acceptors (Lipinski definition) is 4. The van der Waals surface area contributed by atoms with Gasteiger partial charge in [0.2, 0.25) is 0 Å². The zero-order chi connectivity index (χ0) is 15.5. The Bertz CT molecular complexity index is 715. The fourth-order valence-corrected chi connectivity index (χ4v) is 3.23. The number of aryl methyl sites for hydroxylation is 1. The molecule has 1 aromatic carbocycles. The van der Waals surface area contributed by atoms with Crippen molar-refractivity contribution in [3.63, 3.8) is 0 Å². The van der Waals surface area contributed by atoms with Crippen molar-refractivity contribution in [3.8, 4) is 6.07 Å². The van der Waals surface area contributed by atoms with Crippen LogP contribution in [-0.2, 0) is 0 Å². The van der Waals surface area contributed by atoms with Crippen LogP contribution in [0.4, 0.5) is 5.82 Å². The van der Waals surface area contributed by atoms with Gasteiger partial charge in [-0.15, -0.1) is 0 Å². The van der Waals surface area contributed by atoms with Gasteiger partial charge in [-0.25, -0.2) is 9.97 Å². The van der Waals surface area contributed by atoms with Crippen molar-refractivity contribution in [2.24, 2.45) is 0 Å². The van der Waals surface area contributed by atoms with Crippen LogP contribution in [0.25, 0.3) is 0 Å². The number of aromatic nitrogens is 2. The Morgan fingerprint density at radius 2 is 1.95 bits per heavy atom. The maximum absolute atomic E-state index is 9.15. The molecule has 22 heavy (non-hydrogen) atoms. The molecule has 0 unspecified atom stereocenters. The van der Waals surface area contributed by atoms with E-state index in [4.69, 9.17) is 5.26 Å². The SMILES string of the molecule is Cc1cc(C2CCN(c3nccnc3C#N)CC2)ccc1Br. The van der Waals surface area contributed by atoms with E-state index in [0.29, 0.717) is 11.6 Å². The largest absolute Gasteiger partial charge is 0.354 e. The van der Waals surface area contributed by atoms with E-state index in [0.717, 1.165) is 36.2 Å². The highest BCUT2D eigenvalue weighted by Gasteiger charge is 2.23. The van der Waals surface area contributed by atoms with Crippen molar-refractivity contribution in [2.75, 3.05) is 18.0 Å². The summed E-state index contributed by atoms with van der Waals surface area (Å²) in [6.07, 6.45) is 5.37. The van der Waals surface area contributed by atoms with Crippen molar-refractivity contribution in [3.05, 3.63) is 51.9 Å². The number of rotatable bonds is 2. The Morgan fingerprint density at radius 1 is 1.23 bits per heavy atom. The van der Waals surface area contributed by atoms with E-state index in [1.54, 1.807) is 12.4 Å². The molecule has 1 aliphatic heterocycles. The van der Waals surface area contributed by atoms with Gasteiger partial charge in [0, 0.05) is 30.0 Å². The lowest BCUT2D eigenvalue weighted by Crippen LogP contribution is -2.34. The quantitative estimate of drug-likeness (QED) is 0.820. The van der Waals surface area contributed by atoms with Gasteiger partial charge in [-0.05, 0) is 42.9 Å². The Morgan fingerprint density at radius 3 is 2.64 bits per heavy atom. The number of piperidine rings is 1. The average Bonchev–Trinajstić information content (AvgIpc) is 2.57. The molecule has 0 bridgehead atoms. The Balaban J connectivity index is 1.72. The topological polar surface area (TPSA) is 52.8 Å². The number of hydrogen-bond donors (Lipinski definition) is 0. The summed E-state index contributed by atoms with van der Waals surface area (Å²) in [5, 5.41) is 9.15. The standard InChI is InChI=1S/C17H17BrN4/c1-12-10-14(2-3-15(12)18)13-4-8-22(9-5-13)17-16(11-19)20-6-7-21-17/h2-3,6-7,10,13H,4-5,8-9H2,1H3. The summed E-state index contributed by atoms with van der Waals surface area (Å²) in [6.45, 7) is 3.95. The van der Waals surface area contributed by atoms with Crippen molar-refractivity contribution >= 4 is 21.7 Å². The fourth-order valence-electron chi connectivity index (χ4n) is 2.99. The fraction of sp³-hybridized carbons (Fsp3) is 0.353. The summed E-state index contributed by atoms with van der Waals surface area (Å²) < 4.78 is 1.16. The van der Waals surface area contributed by atoms with Gasteiger partial charge in [-0.1, -0.05) is 28.1 Å². The summed E-state index contributed by atoms with van der Waals surface area (Å²) in [5.74, 6) is 1.29. The highest BCUT2D eigenvalue weighted by Crippen LogP contribution is 2.32. The van der Waals surface area contributed by atoms with Crippen LogP contribution >= 0.6 is 15.9 Å². The van der Waals surface area contributed by atoms with Crippen LogP contribution in [0.15, 0.2) is 35.1 Å². The molecule has 1 aliphatic rings. The van der Waals surface area contributed by atoms with Gasteiger partial charge in [0.25, 0.3) is 0 Å². The molecular formula is C17H17BrN4. The predicted octanol–water partition coefficient (Wildman–Crippen LogP) is 3.80. The third-order valence-corrected chi connectivity index (χ3v) is 5.12. The van der Waals surface area contributed by atoms with E-state index in [1.165, 1.54) is 11.1 Å². The van der Waals surface area contributed by atoms with Gasteiger partial charge in [0.05, 0.1) is 0 Å². The summed E-state index contributed by atoms with van der Waals surface area (Å²) in [5.41, 5.74) is 3.10. The Labute approximate surface area is 138 Å². The van der Waals surface area contributed by atoms with Gasteiger partial charge in [-0.2, -0.15) is 5.26 Å². The van der Waals surface area contributed by atoms with Crippen LogP contribution in [0.2, 0.25) is 0 Å². The molecule has 0 atom stereocenters. The van der Waals surface area contributed by atoms with E-state index in [1.807, 2.05) is 0 Å². The Kier molecular flexibility index (Phi) is 4.39. The highest BCUT2D eigenvalue weighted by atomic mass is 79.9. The molecule has 1 fully saturated rings. The summed E-state index contributed by atoms with van der Waals surface area (Å²) in [6, 6.07) is 8.74. The third-order valence-electron chi connectivity index (χ3n) is 4.23. The molecule has 3 rings (SSSR count). The minimum absolute atomic E-state index is 0.417. The second-order valence-electron chi connectivity index (χ2n) is 5.61. The van der Waals surface area contributed by atoms with Crippen LogP contribution in [0, 0.1) is 18.3 Å². The summed E-state index contributed by atoms with van der Waals surface area (Å²) in [7, 11) is 0. The first-order valence-electron chi connectivity index (χ1n) is 7.41. The van der Waals surface area contributed by atoms with Crippen LogP contribution in [0.5, 0.6) is 0 Å². The normalized spacial score (nSPS) is 15.6. The van der Waals surface area contributed by atoms with Crippen LogP contribution in [0.3, 0.4) is 0 Å². The van der Waals surface area contributed by atoms with Gasteiger partial charge in [0.15, 0.2) is 11.5 Å². The predicted molar refractivity (Wildman–Crippen MR) is 89.8 cm³/mol. The molecular weight excluding hydrogens is 340 g/mol. The lowest BCUT2D eigenvalue weighted by Gasteiger charge is -2.33. The molecule has 1 saturated heterocycles. The average molecular weight is 357 g/mol. The molecule has 0 spiro atoms. The van der Waals surface area contributed by atoms with E-state index < -0.39 is 0 Å². The molecule has 112 valence electrons. The van der Waals surface area contributed by atoms with Crippen LogP contribution in [-0.4, -0.2) is 23.1 Å². The molecule has 0 saturated carbocycles. The molecule has 5 heteroatoms. The molecule has 2 aromatic rings. The maximum atomic E-state index is 9.15. The first kappa shape index (κ1) is 15.0. The summed E-state index contributed by atoms with van der Waals surface area (Å²) >= 11 is 3.56. The van der Waals surface area contributed by atoms with Gasteiger partial charge in [-0.3, -0.25) is 0 Å². The smallest absolute Gasteiger partial charge is 0.183 e. The molecule has 0 aliphatic carbocycles. The van der Waals surface area contributed by atoms with Crippen molar-refractivity contribution in [2.45, 2.75) is 25.7 Å². The van der Waals surface area contributed by atoms with E-state index in [-0.39, 0.29) is 0 Å². The van der Waals surface area contributed by atoms with Crippen molar-refractivity contribution in [1.82, 2.24) is 9.97 Å². The maximum Gasteiger partial charge on any atom is 0.183 e. The van der Waals surface area contributed by atoms with E-state index >= 15 is 0 Å². The first-order valence-corrected chi connectivity index (χ1v) is 8.20. The number of benzene rings is 1. The Hall–Kier alpha value is -1.93. The van der Waals surface area contributed by atoms with Gasteiger partial charge < -0.3 is 4.90 Å². The monoisotopic (exact) mass is 356 g/mol. The van der Waals surface area contributed by atoms with Crippen LogP contribution < -0.4 is 4.90 Å².